The number of benzene rings is 2. The minimum atomic E-state index is -3.90. The Hall–Kier alpha value is -1.31. The Morgan fingerprint density at radius 3 is 2.57 bits per heavy atom. The first-order chi connectivity index (χ1) is 9.70. The largest absolute Gasteiger partial charge is 0.396 e. The highest BCUT2D eigenvalue weighted by molar-refractivity contribution is 9.10. The third kappa shape index (κ3) is 3.48. The fourth-order valence-corrected chi connectivity index (χ4v) is 3.54. The molecule has 0 amide bonds. The maximum atomic E-state index is 13.5. The molecule has 2 rings (SSSR count). The Labute approximate surface area is 135 Å². The molecule has 2 aromatic carbocycles. The van der Waals surface area contributed by atoms with Gasteiger partial charge < -0.3 is 5.73 Å². The molecular formula is C13H11BrClFN2O2S. The number of rotatable bonds is 3. The van der Waals surface area contributed by atoms with Crippen molar-refractivity contribution in [3.8, 4) is 0 Å². The number of nitrogens with one attached hydrogen (secondary N) is 1. The van der Waals surface area contributed by atoms with Gasteiger partial charge in [0.05, 0.1) is 16.3 Å². The van der Waals surface area contributed by atoms with Gasteiger partial charge in [0, 0.05) is 9.50 Å². The monoisotopic (exact) mass is 392 g/mol. The molecule has 0 spiro atoms. The summed E-state index contributed by atoms with van der Waals surface area (Å²) in [5.41, 5.74) is 5.68. The highest BCUT2D eigenvalue weighted by atomic mass is 79.9. The lowest BCUT2D eigenvalue weighted by Crippen LogP contribution is -2.14. The van der Waals surface area contributed by atoms with E-state index < -0.39 is 15.8 Å². The smallest absolute Gasteiger partial charge is 0.262 e. The second kappa shape index (κ2) is 5.82. The highest BCUT2D eigenvalue weighted by Gasteiger charge is 2.18. The Balaban J connectivity index is 2.46. The summed E-state index contributed by atoms with van der Waals surface area (Å²) in [7, 11) is -3.90. The number of hydrogen-bond donors (Lipinski definition) is 2. The fourth-order valence-electron chi connectivity index (χ4n) is 1.70. The molecule has 0 fully saturated rings. The lowest BCUT2D eigenvalue weighted by molar-refractivity contribution is 0.599. The molecule has 2 aromatic rings. The van der Waals surface area contributed by atoms with E-state index in [-0.39, 0.29) is 21.8 Å². The molecule has 0 aliphatic carbocycles. The highest BCUT2D eigenvalue weighted by Crippen LogP contribution is 2.29. The van der Waals surface area contributed by atoms with Crippen LogP contribution in [-0.4, -0.2) is 8.42 Å². The van der Waals surface area contributed by atoms with Crippen LogP contribution in [0.3, 0.4) is 0 Å². The van der Waals surface area contributed by atoms with Gasteiger partial charge in [-0.2, -0.15) is 0 Å². The molecule has 0 saturated carbocycles. The topological polar surface area (TPSA) is 72.2 Å². The van der Waals surface area contributed by atoms with E-state index in [1.165, 1.54) is 19.1 Å². The van der Waals surface area contributed by atoms with Gasteiger partial charge in [0.2, 0.25) is 0 Å². The van der Waals surface area contributed by atoms with Crippen molar-refractivity contribution >= 4 is 48.9 Å². The minimum Gasteiger partial charge on any atom is -0.396 e. The van der Waals surface area contributed by atoms with Crippen LogP contribution in [0.4, 0.5) is 15.8 Å². The molecule has 0 atom stereocenters. The van der Waals surface area contributed by atoms with Crippen LogP contribution in [0.2, 0.25) is 5.02 Å². The summed E-state index contributed by atoms with van der Waals surface area (Å²) in [6.07, 6.45) is 0. The summed E-state index contributed by atoms with van der Waals surface area (Å²) in [5, 5.41) is 0.380. The van der Waals surface area contributed by atoms with Crippen molar-refractivity contribution in [3.05, 3.63) is 51.2 Å². The molecule has 0 unspecified atom stereocenters. The maximum absolute atomic E-state index is 13.5. The van der Waals surface area contributed by atoms with Crippen LogP contribution >= 0.6 is 27.5 Å². The van der Waals surface area contributed by atoms with E-state index in [1.807, 2.05) is 0 Å². The van der Waals surface area contributed by atoms with E-state index in [4.69, 9.17) is 17.3 Å². The standard InChI is InChI=1S/C13H11BrClFN2O2S/c1-7-4-9(6-11(17)13(7)16)21(19,20)18-12-5-8(15)2-3-10(12)14/h2-6,18H,17H2,1H3. The van der Waals surface area contributed by atoms with Gasteiger partial charge in [0.1, 0.15) is 5.82 Å². The van der Waals surface area contributed by atoms with E-state index in [0.717, 1.165) is 6.07 Å². The van der Waals surface area contributed by atoms with Crippen LogP contribution < -0.4 is 10.5 Å². The van der Waals surface area contributed by atoms with Gasteiger partial charge in [0.25, 0.3) is 10.0 Å². The molecule has 0 bridgehead atoms. The Bertz CT molecular complexity index is 789. The Kier molecular flexibility index (Phi) is 4.46. The Morgan fingerprint density at radius 2 is 1.95 bits per heavy atom. The normalized spacial score (nSPS) is 11.4. The average Bonchev–Trinajstić information content (AvgIpc) is 2.39. The zero-order chi connectivity index (χ0) is 15.8. The third-order valence-electron chi connectivity index (χ3n) is 2.74. The van der Waals surface area contributed by atoms with Crippen LogP contribution in [0.5, 0.6) is 0 Å². The number of halogens is 3. The van der Waals surface area contributed by atoms with E-state index in [9.17, 15) is 12.8 Å². The number of anilines is 2. The summed E-state index contributed by atoms with van der Waals surface area (Å²) in [5.74, 6) is -0.627. The quantitative estimate of drug-likeness (QED) is 0.776. The van der Waals surface area contributed by atoms with Crippen molar-refractivity contribution in [3.63, 3.8) is 0 Å². The van der Waals surface area contributed by atoms with Crippen molar-refractivity contribution in [2.24, 2.45) is 0 Å². The molecule has 0 aliphatic heterocycles. The molecular weight excluding hydrogens is 383 g/mol. The molecule has 0 aromatic heterocycles. The molecule has 0 heterocycles. The first-order valence-electron chi connectivity index (χ1n) is 5.74. The van der Waals surface area contributed by atoms with Gasteiger partial charge >= 0.3 is 0 Å². The predicted molar refractivity (Wildman–Crippen MR) is 85.5 cm³/mol. The summed E-state index contributed by atoms with van der Waals surface area (Å²) in [6.45, 7) is 1.44. The van der Waals surface area contributed by atoms with Crippen LogP contribution in [0.1, 0.15) is 5.56 Å². The van der Waals surface area contributed by atoms with E-state index in [2.05, 4.69) is 20.7 Å². The molecule has 0 saturated heterocycles. The van der Waals surface area contributed by atoms with Crippen LogP contribution in [-0.2, 0) is 10.0 Å². The first-order valence-corrected chi connectivity index (χ1v) is 8.39. The number of aryl methyl sites for hydroxylation is 1. The SMILES string of the molecule is Cc1cc(S(=O)(=O)Nc2cc(Cl)ccc2Br)cc(N)c1F. The maximum Gasteiger partial charge on any atom is 0.262 e. The summed E-state index contributed by atoms with van der Waals surface area (Å²) in [4.78, 5) is -0.120. The lowest BCUT2D eigenvalue weighted by Gasteiger charge is -2.12. The molecule has 21 heavy (non-hydrogen) atoms. The number of nitrogen functional groups attached to an aromatic ring is 1. The molecule has 112 valence electrons. The summed E-state index contributed by atoms with van der Waals surface area (Å²) < 4.78 is 41.0. The van der Waals surface area contributed by atoms with Crippen molar-refractivity contribution in [2.75, 3.05) is 10.5 Å². The van der Waals surface area contributed by atoms with Crippen LogP contribution in [0, 0.1) is 12.7 Å². The third-order valence-corrected chi connectivity index (χ3v) is 5.01. The zero-order valence-electron chi connectivity index (χ0n) is 10.8. The number of hydrogen-bond acceptors (Lipinski definition) is 3. The lowest BCUT2D eigenvalue weighted by atomic mass is 10.2. The van der Waals surface area contributed by atoms with E-state index in [1.54, 1.807) is 12.1 Å². The second-order valence-corrected chi connectivity index (χ2v) is 7.35. The van der Waals surface area contributed by atoms with E-state index in [0.29, 0.717) is 9.50 Å². The van der Waals surface area contributed by atoms with Crippen molar-refractivity contribution in [1.29, 1.82) is 0 Å². The Morgan fingerprint density at radius 1 is 1.29 bits per heavy atom. The van der Waals surface area contributed by atoms with E-state index >= 15 is 0 Å². The van der Waals surface area contributed by atoms with Gasteiger partial charge in [-0.3, -0.25) is 4.72 Å². The summed E-state index contributed by atoms with van der Waals surface area (Å²) in [6, 6.07) is 6.98. The molecule has 0 radical (unpaired) electrons. The van der Waals surface area contributed by atoms with Crippen LogP contribution in [0.25, 0.3) is 0 Å². The number of nitrogens with two attached hydrogens (primary N) is 1. The van der Waals surface area contributed by atoms with Gasteiger partial charge in [0.15, 0.2) is 0 Å². The van der Waals surface area contributed by atoms with Gasteiger partial charge in [-0.1, -0.05) is 11.6 Å². The summed E-state index contributed by atoms with van der Waals surface area (Å²) >= 11 is 9.06. The van der Waals surface area contributed by atoms with Crippen molar-refractivity contribution in [2.45, 2.75) is 11.8 Å². The first kappa shape index (κ1) is 16.1. The molecule has 8 heteroatoms. The fraction of sp³-hybridized carbons (Fsp3) is 0.0769. The van der Waals surface area contributed by atoms with Crippen LogP contribution in [0.15, 0.2) is 39.7 Å². The molecule has 3 N–H and O–H groups in total. The molecule has 4 nitrogen and oxygen atoms in total. The van der Waals surface area contributed by atoms with Gasteiger partial charge in [-0.15, -0.1) is 0 Å². The second-order valence-electron chi connectivity index (χ2n) is 4.37. The van der Waals surface area contributed by atoms with Crippen molar-refractivity contribution in [1.82, 2.24) is 0 Å². The van der Waals surface area contributed by atoms with Gasteiger partial charge in [-0.25, -0.2) is 12.8 Å². The average molecular weight is 394 g/mol. The minimum absolute atomic E-state index is 0.120. The predicted octanol–water partition coefficient (Wildman–Crippen LogP) is 3.93. The van der Waals surface area contributed by atoms with Crippen molar-refractivity contribution < 1.29 is 12.8 Å². The zero-order valence-corrected chi connectivity index (χ0v) is 14.0. The number of sulfonamides is 1. The molecule has 0 aliphatic rings. The van der Waals surface area contributed by atoms with Gasteiger partial charge in [-0.05, 0) is 58.7 Å².